The average Bonchev–Trinajstić information content (AvgIpc) is 3.06. The van der Waals surface area contributed by atoms with Gasteiger partial charge in [0.1, 0.15) is 17.3 Å². The van der Waals surface area contributed by atoms with Gasteiger partial charge < -0.3 is 24.4 Å². The summed E-state index contributed by atoms with van der Waals surface area (Å²) >= 11 is 0. The normalized spacial score (nSPS) is 17.3. The number of likely N-dealkylation sites (N-methyl/N-ethyl adjacent to an activating group) is 1. The van der Waals surface area contributed by atoms with Crippen molar-refractivity contribution in [2.45, 2.75) is 26.3 Å². The van der Waals surface area contributed by atoms with Crippen molar-refractivity contribution in [3.05, 3.63) is 65.2 Å². The molecule has 1 heterocycles. The molecule has 8 heteroatoms. The van der Waals surface area contributed by atoms with Crippen molar-refractivity contribution in [2.24, 2.45) is 0 Å². The predicted molar refractivity (Wildman–Crippen MR) is 128 cm³/mol. The first-order valence-electron chi connectivity index (χ1n) is 11.2. The molecule has 1 amide bonds. The molecule has 0 aromatic heterocycles. The summed E-state index contributed by atoms with van der Waals surface area (Å²) in [6.45, 7) is 4.73. The molecule has 1 fully saturated rings. The smallest absolute Gasteiger partial charge is 0.308 e. The highest BCUT2D eigenvalue weighted by molar-refractivity contribution is 6.46. The fourth-order valence-electron chi connectivity index (χ4n) is 3.73. The van der Waals surface area contributed by atoms with Crippen molar-refractivity contribution < 1.29 is 29.0 Å². The maximum absolute atomic E-state index is 13.1. The highest BCUT2D eigenvalue weighted by Crippen LogP contribution is 2.39. The molecule has 2 aromatic rings. The van der Waals surface area contributed by atoms with E-state index >= 15 is 0 Å². The lowest BCUT2D eigenvalue weighted by atomic mass is 9.95. The van der Waals surface area contributed by atoms with Crippen LogP contribution in [0.4, 0.5) is 0 Å². The molecule has 34 heavy (non-hydrogen) atoms. The lowest BCUT2D eigenvalue weighted by Crippen LogP contribution is -2.35. The highest BCUT2D eigenvalue weighted by Gasteiger charge is 2.45. The number of carbonyl (C=O) groups excluding carboxylic acids is 3. The van der Waals surface area contributed by atoms with Gasteiger partial charge in [0, 0.05) is 25.6 Å². The topological polar surface area (TPSA) is 96.4 Å². The zero-order valence-electron chi connectivity index (χ0n) is 19.9. The maximum Gasteiger partial charge on any atom is 0.308 e. The van der Waals surface area contributed by atoms with Crippen LogP contribution in [0.3, 0.4) is 0 Å². The zero-order valence-corrected chi connectivity index (χ0v) is 19.9. The van der Waals surface area contributed by atoms with E-state index in [1.807, 2.05) is 25.9 Å². The fraction of sp³-hybridized carbons (Fsp3) is 0.346. The Kier molecular flexibility index (Phi) is 8.07. The van der Waals surface area contributed by atoms with E-state index in [9.17, 15) is 19.5 Å². The van der Waals surface area contributed by atoms with Gasteiger partial charge >= 0.3 is 5.97 Å². The van der Waals surface area contributed by atoms with Crippen LogP contribution < -0.4 is 9.47 Å². The summed E-state index contributed by atoms with van der Waals surface area (Å²) in [5, 5.41) is 11.1. The summed E-state index contributed by atoms with van der Waals surface area (Å²) in [7, 11) is 3.75. The SMILES string of the molecule is CCCOc1ccc(/C(O)=C2/C(=O)C(=O)N(CCN(C)C)C2c2ccc(OC(C)=O)cc2)cc1. The van der Waals surface area contributed by atoms with Gasteiger partial charge in [0.15, 0.2) is 0 Å². The fourth-order valence-corrected chi connectivity index (χ4v) is 3.73. The van der Waals surface area contributed by atoms with Gasteiger partial charge in [-0.25, -0.2) is 0 Å². The molecule has 1 aliphatic heterocycles. The van der Waals surface area contributed by atoms with Crippen molar-refractivity contribution in [3.8, 4) is 11.5 Å². The largest absolute Gasteiger partial charge is 0.507 e. The third-order valence-electron chi connectivity index (χ3n) is 5.39. The number of hydrogen-bond acceptors (Lipinski definition) is 7. The third kappa shape index (κ3) is 5.63. The summed E-state index contributed by atoms with van der Waals surface area (Å²) in [4.78, 5) is 40.6. The minimum atomic E-state index is -0.776. The number of esters is 1. The van der Waals surface area contributed by atoms with Gasteiger partial charge in [-0.15, -0.1) is 0 Å². The van der Waals surface area contributed by atoms with Crippen molar-refractivity contribution in [2.75, 3.05) is 33.8 Å². The van der Waals surface area contributed by atoms with Crippen LogP contribution in [0.5, 0.6) is 11.5 Å². The molecule has 180 valence electrons. The van der Waals surface area contributed by atoms with Crippen molar-refractivity contribution >= 4 is 23.4 Å². The van der Waals surface area contributed by atoms with Crippen LogP contribution >= 0.6 is 0 Å². The molecule has 1 N–H and O–H groups in total. The second-order valence-corrected chi connectivity index (χ2v) is 8.33. The van der Waals surface area contributed by atoms with Gasteiger partial charge in [-0.1, -0.05) is 19.1 Å². The quantitative estimate of drug-likeness (QED) is 0.199. The molecular formula is C26H30N2O6. The number of Topliss-reactive ketones (excluding diaryl/α,β-unsaturated/α-hetero) is 1. The number of hydrogen-bond donors (Lipinski definition) is 1. The van der Waals surface area contributed by atoms with Gasteiger partial charge in [-0.2, -0.15) is 0 Å². The number of benzene rings is 2. The minimum absolute atomic E-state index is 0.0196. The van der Waals surface area contributed by atoms with E-state index in [0.717, 1.165) is 6.42 Å². The van der Waals surface area contributed by atoms with E-state index in [1.54, 1.807) is 48.5 Å². The molecule has 0 saturated carbocycles. The van der Waals surface area contributed by atoms with Crippen molar-refractivity contribution in [1.82, 2.24) is 9.80 Å². The second-order valence-electron chi connectivity index (χ2n) is 8.33. The van der Waals surface area contributed by atoms with Crippen LogP contribution in [0, 0.1) is 0 Å². The number of likely N-dealkylation sites (tertiary alicyclic amines) is 1. The second kappa shape index (κ2) is 11.0. The minimum Gasteiger partial charge on any atom is -0.507 e. The van der Waals surface area contributed by atoms with E-state index in [-0.39, 0.29) is 11.3 Å². The molecular weight excluding hydrogens is 436 g/mol. The molecule has 0 radical (unpaired) electrons. The standard InChI is InChI=1S/C26H30N2O6/c1-5-16-33-20-10-8-19(9-11-20)24(30)22-23(18-6-12-21(13-7-18)34-17(2)29)28(15-14-27(3)4)26(32)25(22)31/h6-13,23,30H,5,14-16H2,1-4H3/b24-22-. The summed E-state index contributed by atoms with van der Waals surface area (Å²) in [6.07, 6.45) is 0.869. The third-order valence-corrected chi connectivity index (χ3v) is 5.39. The van der Waals surface area contributed by atoms with Gasteiger partial charge in [-0.3, -0.25) is 14.4 Å². The van der Waals surface area contributed by atoms with E-state index in [1.165, 1.54) is 11.8 Å². The zero-order chi connectivity index (χ0) is 24.8. The number of aliphatic hydroxyl groups excluding tert-OH is 1. The Hall–Kier alpha value is -3.65. The highest BCUT2D eigenvalue weighted by atomic mass is 16.5. The predicted octanol–water partition coefficient (Wildman–Crippen LogP) is 3.38. The van der Waals surface area contributed by atoms with Crippen LogP contribution in [-0.2, 0) is 14.4 Å². The number of rotatable bonds is 9. The summed E-state index contributed by atoms with van der Waals surface area (Å²) in [5.74, 6) is -1.10. The monoisotopic (exact) mass is 466 g/mol. The molecule has 1 saturated heterocycles. The van der Waals surface area contributed by atoms with E-state index in [0.29, 0.717) is 42.3 Å². The molecule has 0 bridgehead atoms. The first-order valence-corrected chi connectivity index (χ1v) is 11.2. The Morgan fingerprint density at radius 2 is 1.65 bits per heavy atom. The number of aliphatic hydroxyl groups is 1. The molecule has 0 aliphatic carbocycles. The molecule has 2 aromatic carbocycles. The van der Waals surface area contributed by atoms with Crippen LogP contribution in [0.25, 0.3) is 5.76 Å². The van der Waals surface area contributed by atoms with Crippen LogP contribution in [-0.4, -0.2) is 66.4 Å². The average molecular weight is 467 g/mol. The summed E-state index contributed by atoms with van der Waals surface area (Å²) in [5.41, 5.74) is 1.06. The number of ether oxygens (including phenoxy) is 2. The first-order chi connectivity index (χ1) is 16.2. The lowest BCUT2D eigenvalue weighted by molar-refractivity contribution is -0.140. The summed E-state index contributed by atoms with van der Waals surface area (Å²) in [6, 6.07) is 12.6. The van der Waals surface area contributed by atoms with Crippen LogP contribution in [0.15, 0.2) is 54.1 Å². The van der Waals surface area contributed by atoms with Crippen LogP contribution in [0.2, 0.25) is 0 Å². The Morgan fingerprint density at radius 3 is 2.21 bits per heavy atom. The summed E-state index contributed by atoms with van der Waals surface area (Å²) < 4.78 is 10.7. The number of amides is 1. The number of ketones is 1. The van der Waals surface area contributed by atoms with Crippen LogP contribution in [0.1, 0.15) is 37.4 Å². The van der Waals surface area contributed by atoms with Gasteiger partial charge in [0.2, 0.25) is 0 Å². The molecule has 3 rings (SSSR count). The lowest BCUT2D eigenvalue weighted by Gasteiger charge is -2.26. The van der Waals surface area contributed by atoms with Crippen molar-refractivity contribution in [3.63, 3.8) is 0 Å². The van der Waals surface area contributed by atoms with Crippen molar-refractivity contribution in [1.29, 1.82) is 0 Å². The van der Waals surface area contributed by atoms with Gasteiger partial charge in [0.25, 0.3) is 11.7 Å². The molecule has 0 spiro atoms. The van der Waals surface area contributed by atoms with Gasteiger partial charge in [-0.05, 0) is 62.5 Å². The molecule has 1 atom stereocenters. The Labute approximate surface area is 199 Å². The molecule has 1 aliphatic rings. The molecule has 1 unspecified atom stereocenters. The molecule has 8 nitrogen and oxygen atoms in total. The van der Waals surface area contributed by atoms with E-state index in [2.05, 4.69) is 0 Å². The van der Waals surface area contributed by atoms with E-state index in [4.69, 9.17) is 9.47 Å². The number of nitrogens with zero attached hydrogens (tertiary/aromatic N) is 2. The number of carbonyl (C=O) groups is 3. The Balaban J connectivity index is 2.04. The van der Waals surface area contributed by atoms with E-state index < -0.39 is 23.7 Å². The maximum atomic E-state index is 13.1. The van der Waals surface area contributed by atoms with Gasteiger partial charge in [0.05, 0.1) is 18.2 Å². The Morgan fingerprint density at radius 1 is 1.03 bits per heavy atom. The Bertz CT molecular complexity index is 1070. The first kappa shape index (κ1) is 25.0.